The second kappa shape index (κ2) is 3.15. The van der Waals surface area contributed by atoms with Crippen LogP contribution in [0.1, 0.15) is 5.56 Å². The number of rotatable bonds is 0. The number of nitrogens with zero attached hydrogens (tertiary/aromatic N) is 2. The van der Waals surface area contributed by atoms with E-state index in [0.29, 0.717) is 5.02 Å². The van der Waals surface area contributed by atoms with E-state index >= 15 is 0 Å². The summed E-state index contributed by atoms with van der Waals surface area (Å²) < 4.78 is 0. The molecule has 0 atom stereocenters. The van der Waals surface area contributed by atoms with Crippen molar-refractivity contribution in [3.63, 3.8) is 0 Å². The predicted molar refractivity (Wildman–Crippen MR) is 54.4 cm³/mol. The Morgan fingerprint density at radius 2 is 2.15 bits per heavy atom. The average Bonchev–Trinajstić information content (AvgIpc) is 2.53. The Hall–Kier alpha value is -0.820. The Balaban J connectivity index is 2.95. The van der Waals surface area contributed by atoms with Gasteiger partial charge in [0.05, 0.1) is 10.5 Å². The number of pyridine rings is 1. The van der Waals surface area contributed by atoms with Gasteiger partial charge in [0.1, 0.15) is 16.8 Å². The van der Waals surface area contributed by atoms with E-state index in [1.54, 1.807) is 0 Å². The maximum Gasteiger partial charge on any atom is 0.149 e. The molecular weight excluding hydrogens is 227 g/mol. The van der Waals surface area contributed by atoms with Crippen molar-refractivity contribution < 1.29 is 0 Å². The minimum Gasteiger partial charge on any atom is -0.234 e. The molecule has 2 rings (SSSR count). The van der Waals surface area contributed by atoms with Crippen molar-refractivity contribution in [1.82, 2.24) is 4.98 Å². The van der Waals surface area contributed by atoms with E-state index in [2.05, 4.69) is 4.98 Å². The third-order valence-electron chi connectivity index (χ3n) is 1.63. The van der Waals surface area contributed by atoms with Crippen molar-refractivity contribution in [1.29, 1.82) is 5.26 Å². The van der Waals surface area contributed by atoms with Crippen LogP contribution in [-0.2, 0) is 0 Å². The highest BCUT2D eigenvalue weighted by Gasteiger charge is 2.11. The lowest BCUT2D eigenvalue weighted by molar-refractivity contribution is 1.38. The normalized spacial score (nSPS) is 10.2. The summed E-state index contributed by atoms with van der Waals surface area (Å²) in [7, 11) is 0. The van der Waals surface area contributed by atoms with Crippen molar-refractivity contribution in [3.8, 4) is 6.07 Å². The topological polar surface area (TPSA) is 36.7 Å². The molecule has 13 heavy (non-hydrogen) atoms. The van der Waals surface area contributed by atoms with Crippen molar-refractivity contribution in [2.45, 2.75) is 0 Å². The Morgan fingerprint density at radius 3 is 2.85 bits per heavy atom. The molecule has 0 bridgehead atoms. The van der Waals surface area contributed by atoms with Gasteiger partial charge in [0.2, 0.25) is 0 Å². The predicted octanol–water partition coefficient (Wildman–Crippen LogP) is 3.47. The van der Waals surface area contributed by atoms with Gasteiger partial charge in [-0.1, -0.05) is 23.2 Å². The van der Waals surface area contributed by atoms with Crippen LogP contribution >= 0.6 is 34.5 Å². The summed E-state index contributed by atoms with van der Waals surface area (Å²) in [5.41, 5.74) is 0.980. The molecule has 2 aromatic heterocycles. The Kier molecular flexibility index (Phi) is 2.12. The van der Waals surface area contributed by atoms with E-state index in [1.165, 1.54) is 11.3 Å². The van der Waals surface area contributed by atoms with Crippen LogP contribution in [0.5, 0.6) is 0 Å². The zero-order valence-corrected chi connectivity index (χ0v) is 8.54. The first-order chi connectivity index (χ1) is 6.24. The molecule has 0 fully saturated rings. The lowest BCUT2D eigenvalue weighted by Gasteiger charge is -1.98. The molecule has 0 aromatic carbocycles. The molecule has 64 valence electrons. The first-order valence-electron chi connectivity index (χ1n) is 3.35. The smallest absolute Gasteiger partial charge is 0.149 e. The molecule has 0 spiro atoms. The summed E-state index contributed by atoms with van der Waals surface area (Å²) in [6.45, 7) is 0. The molecular formula is C8H2Cl2N2S. The molecule has 0 N–H and O–H groups in total. The quantitative estimate of drug-likeness (QED) is 0.648. The molecule has 0 aliphatic carbocycles. The van der Waals surface area contributed by atoms with Gasteiger partial charge in [-0.3, -0.25) is 0 Å². The Morgan fingerprint density at radius 1 is 1.38 bits per heavy atom. The summed E-state index contributed by atoms with van der Waals surface area (Å²) in [5.74, 6) is 0. The molecule has 0 radical (unpaired) electrons. The number of hydrogen-bond acceptors (Lipinski definition) is 3. The molecule has 0 saturated carbocycles. The second-order valence-electron chi connectivity index (χ2n) is 2.37. The zero-order valence-electron chi connectivity index (χ0n) is 6.21. The van der Waals surface area contributed by atoms with Crippen LogP contribution < -0.4 is 0 Å². The van der Waals surface area contributed by atoms with Crippen molar-refractivity contribution in [2.24, 2.45) is 0 Å². The van der Waals surface area contributed by atoms with Gasteiger partial charge in [-0.25, -0.2) is 4.98 Å². The molecule has 0 saturated heterocycles. The number of nitriles is 1. The largest absolute Gasteiger partial charge is 0.234 e. The van der Waals surface area contributed by atoms with E-state index in [1.807, 2.05) is 16.8 Å². The second-order valence-corrected chi connectivity index (χ2v) is 3.85. The van der Waals surface area contributed by atoms with Gasteiger partial charge >= 0.3 is 0 Å². The van der Waals surface area contributed by atoms with Gasteiger partial charge in [-0.2, -0.15) is 5.26 Å². The van der Waals surface area contributed by atoms with Crippen LogP contribution in [0, 0.1) is 11.3 Å². The molecule has 2 heterocycles. The number of hydrogen-bond donors (Lipinski definition) is 0. The Labute approximate surface area is 88.3 Å². The summed E-state index contributed by atoms with van der Waals surface area (Å²) in [4.78, 5) is 4.04. The van der Waals surface area contributed by atoms with Gasteiger partial charge in [-0.15, -0.1) is 11.3 Å². The maximum atomic E-state index is 8.74. The van der Waals surface area contributed by atoms with Crippen LogP contribution in [0.4, 0.5) is 0 Å². The van der Waals surface area contributed by atoms with Gasteiger partial charge in [0.15, 0.2) is 0 Å². The number of aromatic nitrogens is 1. The number of thiophene rings is 1. The molecule has 0 amide bonds. The van der Waals surface area contributed by atoms with Gasteiger partial charge in [0.25, 0.3) is 0 Å². The molecule has 2 aromatic rings. The fraction of sp³-hybridized carbons (Fsp3) is 0. The Bertz CT molecular complexity index is 513. The minimum atomic E-state index is 0.165. The fourth-order valence-electron chi connectivity index (χ4n) is 1.02. The minimum absolute atomic E-state index is 0.165. The standard InChI is InChI=1S/C8H2Cl2N2S/c9-7-4(1-11)8(10)12-6-3-13-2-5(6)7/h2-3H. The highest BCUT2D eigenvalue weighted by Crippen LogP contribution is 2.31. The van der Waals surface area contributed by atoms with E-state index in [4.69, 9.17) is 28.5 Å². The highest BCUT2D eigenvalue weighted by molar-refractivity contribution is 7.09. The molecule has 2 nitrogen and oxygen atoms in total. The van der Waals surface area contributed by atoms with Crippen LogP contribution in [0.25, 0.3) is 10.9 Å². The third kappa shape index (κ3) is 1.28. The number of fused-ring (bicyclic) bond motifs is 1. The molecule has 5 heteroatoms. The van der Waals surface area contributed by atoms with Gasteiger partial charge < -0.3 is 0 Å². The maximum absolute atomic E-state index is 8.74. The fourth-order valence-corrected chi connectivity index (χ4v) is 2.40. The summed E-state index contributed by atoms with van der Waals surface area (Å²) in [6, 6.07) is 1.92. The van der Waals surface area contributed by atoms with E-state index in [9.17, 15) is 0 Å². The lowest BCUT2D eigenvalue weighted by Crippen LogP contribution is -1.84. The van der Waals surface area contributed by atoms with Crippen molar-refractivity contribution in [3.05, 3.63) is 26.5 Å². The van der Waals surface area contributed by atoms with Gasteiger partial charge in [-0.05, 0) is 0 Å². The summed E-state index contributed by atoms with van der Waals surface area (Å²) in [5, 5.41) is 13.8. The van der Waals surface area contributed by atoms with Crippen LogP contribution in [-0.4, -0.2) is 4.98 Å². The highest BCUT2D eigenvalue weighted by atomic mass is 35.5. The van der Waals surface area contributed by atoms with E-state index in [0.717, 1.165) is 10.9 Å². The van der Waals surface area contributed by atoms with E-state index < -0.39 is 0 Å². The zero-order chi connectivity index (χ0) is 9.42. The summed E-state index contributed by atoms with van der Waals surface area (Å²) in [6.07, 6.45) is 0. The first-order valence-corrected chi connectivity index (χ1v) is 5.05. The van der Waals surface area contributed by atoms with Crippen molar-refractivity contribution in [2.75, 3.05) is 0 Å². The monoisotopic (exact) mass is 228 g/mol. The van der Waals surface area contributed by atoms with Crippen LogP contribution in [0.15, 0.2) is 10.8 Å². The molecule has 0 aliphatic heterocycles. The third-order valence-corrected chi connectivity index (χ3v) is 3.03. The average molecular weight is 229 g/mol. The van der Waals surface area contributed by atoms with Crippen LogP contribution in [0.2, 0.25) is 10.2 Å². The lowest BCUT2D eigenvalue weighted by atomic mass is 10.2. The van der Waals surface area contributed by atoms with E-state index in [-0.39, 0.29) is 10.7 Å². The van der Waals surface area contributed by atoms with Crippen LogP contribution in [0.3, 0.4) is 0 Å². The number of halogens is 2. The first kappa shape index (κ1) is 8.76. The molecule has 0 unspecified atom stereocenters. The van der Waals surface area contributed by atoms with Gasteiger partial charge in [0, 0.05) is 16.1 Å². The molecule has 0 aliphatic rings. The summed E-state index contributed by atoms with van der Waals surface area (Å²) >= 11 is 13.2. The SMILES string of the molecule is N#Cc1c(Cl)nc2cscc2c1Cl. The van der Waals surface area contributed by atoms with Crippen molar-refractivity contribution >= 4 is 45.4 Å².